The van der Waals surface area contributed by atoms with E-state index in [-0.39, 0.29) is 0 Å². The molecule has 0 radical (unpaired) electrons. The molecule has 2 rings (SSSR count). The van der Waals surface area contributed by atoms with Crippen molar-refractivity contribution < 1.29 is 0 Å². The lowest BCUT2D eigenvalue weighted by Gasteiger charge is -2.04. The third-order valence-corrected chi connectivity index (χ3v) is 4.82. The van der Waals surface area contributed by atoms with Gasteiger partial charge < -0.3 is 9.88 Å². The number of aromatic nitrogens is 1. The Kier molecular flexibility index (Phi) is 3.11. The van der Waals surface area contributed by atoms with Gasteiger partial charge in [-0.05, 0) is 28.9 Å². The van der Waals surface area contributed by atoms with Gasteiger partial charge in [-0.15, -0.1) is 0 Å². The fourth-order valence-electron chi connectivity index (χ4n) is 2.92. The summed E-state index contributed by atoms with van der Waals surface area (Å²) < 4.78 is 2.28. The van der Waals surface area contributed by atoms with Gasteiger partial charge in [-0.2, -0.15) is 0 Å². The predicted molar refractivity (Wildman–Crippen MR) is 72.9 cm³/mol. The normalized spacial score (nSPS) is 21.7. The van der Waals surface area contributed by atoms with Crippen LogP contribution in [0.1, 0.15) is 46.6 Å². The number of hydrogen-bond acceptors (Lipinski definition) is 1. The zero-order valence-electron chi connectivity index (χ0n) is 11.9. The van der Waals surface area contributed by atoms with Gasteiger partial charge >= 0.3 is 0 Å². The summed E-state index contributed by atoms with van der Waals surface area (Å²) in [5.74, 6) is 0. The molecule has 1 aliphatic rings. The van der Waals surface area contributed by atoms with Crippen molar-refractivity contribution in [1.29, 1.82) is 0 Å². The molecule has 0 bridgehead atoms. The molecule has 0 unspecified atom stereocenters. The average molecular weight is 234 g/mol. The molecule has 0 spiro atoms. The molecule has 2 heteroatoms. The van der Waals surface area contributed by atoms with Gasteiger partial charge in [-0.25, -0.2) is 0 Å². The van der Waals surface area contributed by atoms with Crippen molar-refractivity contribution in [2.24, 2.45) is 10.8 Å². The first-order valence-electron chi connectivity index (χ1n) is 6.77. The molecular weight excluding hydrogens is 208 g/mol. The summed E-state index contributed by atoms with van der Waals surface area (Å²) in [6, 6.07) is 2.87. The minimum absolute atomic E-state index is 0.430. The van der Waals surface area contributed by atoms with Crippen molar-refractivity contribution in [3.63, 3.8) is 0 Å². The Labute approximate surface area is 105 Å². The molecule has 1 fully saturated rings. The standard InChI is InChI=1S/C15H26N2/c1-6-8-17-9-7-12(11-17)10-16-13-14(2,3)15(13,4)5/h7,9,11,13,16H,6,8,10H2,1-5H3. The minimum Gasteiger partial charge on any atom is -0.354 e. The van der Waals surface area contributed by atoms with Crippen LogP contribution in [0.2, 0.25) is 0 Å². The van der Waals surface area contributed by atoms with E-state index < -0.39 is 0 Å². The van der Waals surface area contributed by atoms with E-state index in [1.165, 1.54) is 12.0 Å². The Hall–Kier alpha value is -0.760. The highest BCUT2D eigenvalue weighted by Gasteiger charge is 2.64. The minimum atomic E-state index is 0.430. The second-order valence-corrected chi connectivity index (χ2v) is 6.51. The number of aryl methyl sites for hydroxylation is 1. The maximum atomic E-state index is 3.70. The highest BCUT2D eigenvalue weighted by Crippen LogP contribution is 2.62. The maximum Gasteiger partial charge on any atom is 0.0223 e. The molecule has 0 amide bonds. The van der Waals surface area contributed by atoms with E-state index >= 15 is 0 Å². The topological polar surface area (TPSA) is 17.0 Å². The highest BCUT2D eigenvalue weighted by atomic mass is 15.0. The van der Waals surface area contributed by atoms with Crippen LogP contribution >= 0.6 is 0 Å². The summed E-state index contributed by atoms with van der Waals surface area (Å²) in [7, 11) is 0. The van der Waals surface area contributed by atoms with Gasteiger partial charge in [-0.1, -0.05) is 34.6 Å². The highest BCUT2D eigenvalue weighted by molar-refractivity contribution is 5.19. The molecule has 1 N–H and O–H groups in total. The van der Waals surface area contributed by atoms with Gasteiger partial charge in [-0.3, -0.25) is 0 Å². The zero-order chi connectivity index (χ0) is 12.7. The molecular formula is C15H26N2. The van der Waals surface area contributed by atoms with Crippen LogP contribution in [0.4, 0.5) is 0 Å². The molecule has 1 heterocycles. The second-order valence-electron chi connectivity index (χ2n) is 6.51. The van der Waals surface area contributed by atoms with Crippen molar-refractivity contribution in [3.8, 4) is 0 Å². The predicted octanol–water partition coefficient (Wildman–Crippen LogP) is 3.42. The summed E-state index contributed by atoms with van der Waals surface area (Å²) in [6.45, 7) is 13.8. The van der Waals surface area contributed by atoms with E-state index in [1.807, 2.05) is 0 Å². The molecule has 0 aliphatic heterocycles. The van der Waals surface area contributed by atoms with Gasteiger partial charge in [0.2, 0.25) is 0 Å². The second kappa shape index (κ2) is 4.16. The average Bonchev–Trinajstić information content (AvgIpc) is 2.59. The van der Waals surface area contributed by atoms with Crippen molar-refractivity contribution in [2.45, 2.75) is 60.2 Å². The monoisotopic (exact) mass is 234 g/mol. The smallest absolute Gasteiger partial charge is 0.0223 e. The quantitative estimate of drug-likeness (QED) is 0.826. The van der Waals surface area contributed by atoms with Crippen LogP contribution in [0.3, 0.4) is 0 Å². The fourth-order valence-corrected chi connectivity index (χ4v) is 2.92. The summed E-state index contributed by atoms with van der Waals surface area (Å²) >= 11 is 0. The largest absolute Gasteiger partial charge is 0.354 e. The Bertz CT molecular complexity index is 373. The lowest BCUT2D eigenvalue weighted by Crippen LogP contribution is -2.21. The summed E-state index contributed by atoms with van der Waals surface area (Å²) in [4.78, 5) is 0. The molecule has 1 aromatic heterocycles. The van der Waals surface area contributed by atoms with E-state index in [0.29, 0.717) is 16.9 Å². The Balaban J connectivity index is 1.87. The first kappa shape index (κ1) is 12.7. The molecule has 0 atom stereocenters. The van der Waals surface area contributed by atoms with Gasteiger partial charge in [0, 0.05) is 31.5 Å². The summed E-state index contributed by atoms with van der Waals surface area (Å²) in [5, 5.41) is 3.70. The van der Waals surface area contributed by atoms with Gasteiger partial charge in [0.25, 0.3) is 0 Å². The van der Waals surface area contributed by atoms with Crippen LogP contribution < -0.4 is 5.32 Å². The van der Waals surface area contributed by atoms with Crippen molar-refractivity contribution in [1.82, 2.24) is 9.88 Å². The number of nitrogens with one attached hydrogen (secondary N) is 1. The van der Waals surface area contributed by atoms with Gasteiger partial charge in [0.1, 0.15) is 0 Å². The van der Waals surface area contributed by atoms with Crippen LogP contribution in [0.5, 0.6) is 0 Å². The molecule has 1 aromatic rings. The van der Waals surface area contributed by atoms with Crippen LogP contribution in [0, 0.1) is 10.8 Å². The third kappa shape index (κ3) is 2.15. The lowest BCUT2D eigenvalue weighted by atomic mass is 10.0. The third-order valence-electron chi connectivity index (χ3n) is 4.82. The first-order valence-corrected chi connectivity index (χ1v) is 6.77. The Morgan fingerprint density at radius 3 is 2.41 bits per heavy atom. The number of nitrogens with zero attached hydrogens (tertiary/aromatic N) is 1. The molecule has 1 saturated carbocycles. The van der Waals surface area contributed by atoms with E-state index in [9.17, 15) is 0 Å². The van der Waals surface area contributed by atoms with Crippen LogP contribution in [0.25, 0.3) is 0 Å². The van der Waals surface area contributed by atoms with Gasteiger partial charge in [0.05, 0.1) is 0 Å². The SMILES string of the molecule is CCCn1ccc(CNC2C(C)(C)C2(C)C)c1. The van der Waals surface area contributed by atoms with Crippen LogP contribution in [-0.2, 0) is 13.1 Å². The van der Waals surface area contributed by atoms with Gasteiger partial charge in [0.15, 0.2) is 0 Å². The summed E-state index contributed by atoms with van der Waals surface area (Å²) in [5.41, 5.74) is 2.26. The maximum absolute atomic E-state index is 3.70. The van der Waals surface area contributed by atoms with Crippen LogP contribution in [0.15, 0.2) is 18.5 Å². The van der Waals surface area contributed by atoms with Crippen LogP contribution in [-0.4, -0.2) is 10.6 Å². The Morgan fingerprint density at radius 1 is 1.24 bits per heavy atom. The first-order chi connectivity index (χ1) is 7.89. The van der Waals surface area contributed by atoms with E-state index in [0.717, 1.165) is 13.1 Å². The van der Waals surface area contributed by atoms with Crippen molar-refractivity contribution >= 4 is 0 Å². The zero-order valence-corrected chi connectivity index (χ0v) is 11.9. The van der Waals surface area contributed by atoms with E-state index in [2.05, 4.69) is 63.0 Å². The van der Waals surface area contributed by atoms with E-state index in [1.54, 1.807) is 0 Å². The molecule has 2 nitrogen and oxygen atoms in total. The van der Waals surface area contributed by atoms with E-state index in [4.69, 9.17) is 0 Å². The molecule has 1 aliphatic carbocycles. The Morgan fingerprint density at radius 2 is 1.88 bits per heavy atom. The molecule has 0 saturated heterocycles. The van der Waals surface area contributed by atoms with Crippen molar-refractivity contribution in [2.75, 3.05) is 0 Å². The number of rotatable bonds is 5. The molecule has 0 aromatic carbocycles. The molecule has 17 heavy (non-hydrogen) atoms. The molecule has 96 valence electrons. The number of hydrogen-bond donors (Lipinski definition) is 1. The van der Waals surface area contributed by atoms with Crippen molar-refractivity contribution in [3.05, 3.63) is 24.0 Å². The lowest BCUT2D eigenvalue weighted by molar-refractivity contribution is 0.457. The summed E-state index contributed by atoms with van der Waals surface area (Å²) in [6.07, 6.45) is 5.65. The fraction of sp³-hybridized carbons (Fsp3) is 0.733.